The molecule has 0 N–H and O–H groups in total. The van der Waals surface area contributed by atoms with Crippen molar-refractivity contribution in [3.05, 3.63) is 29.0 Å². The Kier molecular flexibility index (Phi) is 3.60. The topological polar surface area (TPSA) is 36.4 Å². The number of ketones is 1. The molecular formula is C22H25N3O. The number of nitrogens with zero attached hydrogens (tertiary/aromatic N) is 3. The van der Waals surface area contributed by atoms with Crippen LogP contribution in [0.1, 0.15) is 49.7 Å². The lowest BCUT2D eigenvalue weighted by molar-refractivity contribution is -0.114. The van der Waals surface area contributed by atoms with Crippen molar-refractivity contribution in [3.63, 3.8) is 0 Å². The van der Waals surface area contributed by atoms with Gasteiger partial charge < -0.3 is 9.80 Å². The van der Waals surface area contributed by atoms with Crippen molar-refractivity contribution < 1.29 is 4.79 Å². The highest BCUT2D eigenvalue weighted by atomic mass is 16.1. The zero-order chi connectivity index (χ0) is 17.7. The SMILES string of the molecule is C#CC1=C(N2CCC3(CCC3)CC2)c2cc(N3CCC3)ncc2CC1=O. The fourth-order valence-corrected chi connectivity index (χ4v) is 4.94. The summed E-state index contributed by atoms with van der Waals surface area (Å²) in [7, 11) is 0. The molecule has 0 radical (unpaired) electrons. The quantitative estimate of drug-likeness (QED) is 0.771. The second-order valence-electron chi connectivity index (χ2n) is 8.35. The van der Waals surface area contributed by atoms with E-state index in [0.29, 0.717) is 17.4 Å². The van der Waals surface area contributed by atoms with Gasteiger partial charge in [0.1, 0.15) is 5.82 Å². The lowest BCUT2D eigenvalue weighted by Crippen LogP contribution is -2.44. The molecule has 0 bridgehead atoms. The number of allylic oxidation sites excluding steroid dienone is 1. The maximum absolute atomic E-state index is 12.7. The number of fused-ring (bicyclic) bond motifs is 1. The zero-order valence-corrected chi connectivity index (χ0v) is 15.3. The van der Waals surface area contributed by atoms with Crippen LogP contribution in [-0.2, 0) is 11.2 Å². The van der Waals surface area contributed by atoms with Gasteiger partial charge in [0.05, 0.1) is 11.3 Å². The Morgan fingerprint density at radius 2 is 1.81 bits per heavy atom. The van der Waals surface area contributed by atoms with Gasteiger partial charge >= 0.3 is 0 Å². The third-order valence-corrected chi connectivity index (χ3v) is 6.97. The van der Waals surface area contributed by atoms with E-state index in [4.69, 9.17) is 6.42 Å². The fraction of sp³-hybridized carbons (Fsp3) is 0.545. The standard InChI is InChI=1S/C22H25N3O/c1-2-17-19(26)13-16-15-23-20(24-9-4-10-24)14-18(16)21(17)25-11-7-22(8-12-25)5-3-6-22/h1,14-15H,3-13H2. The molecular weight excluding hydrogens is 322 g/mol. The summed E-state index contributed by atoms with van der Waals surface area (Å²) in [5.41, 5.74) is 4.31. The Labute approximate surface area is 155 Å². The average molecular weight is 347 g/mol. The van der Waals surface area contributed by atoms with Crippen molar-refractivity contribution in [3.8, 4) is 12.3 Å². The lowest BCUT2D eigenvalue weighted by atomic mass is 9.63. The van der Waals surface area contributed by atoms with E-state index in [1.165, 1.54) is 38.5 Å². The molecule has 0 atom stereocenters. The molecule has 2 aliphatic carbocycles. The molecule has 1 aromatic heterocycles. The summed E-state index contributed by atoms with van der Waals surface area (Å²) < 4.78 is 0. The van der Waals surface area contributed by atoms with E-state index in [1.54, 1.807) is 0 Å². The highest BCUT2D eigenvalue weighted by Crippen LogP contribution is 2.50. The minimum absolute atomic E-state index is 0.0671. The molecule has 1 aromatic rings. The fourth-order valence-electron chi connectivity index (χ4n) is 4.94. The van der Waals surface area contributed by atoms with Crippen LogP contribution in [0.4, 0.5) is 5.82 Å². The van der Waals surface area contributed by atoms with Crippen molar-refractivity contribution in [2.24, 2.45) is 5.41 Å². The summed E-state index contributed by atoms with van der Waals surface area (Å²) in [6, 6.07) is 2.17. The maximum Gasteiger partial charge on any atom is 0.177 e. The van der Waals surface area contributed by atoms with Crippen LogP contribution in [0.3, 0.4) is 0 Å². The number of piperidine rings is 1. The first-order valence-corrected chi connectivity index (χ1v) is 9.92. The number of anilines is 1. The zero-order valence-electron chi connectivity index (χ0n) is 15.3. The Morgan fingerprint density at radius 1 is 1.04 bits per heavy atom. The van der Waals surface area contributed by atoms with Crippen LogP contribution in [0.25, 0.3) is 5.70 Å². The number of carbonyl (C=O) groups excluding carboxylic acids is 1. The molecule has 0 amide bonds. The van der Waals surface area contributed by atoms with Crippen LogP contribution in [0.15, 0.2) is 17.8 Å². The first-order chi connectivity index (χ1) is 12.7. The largest absolute Gasteiger partial charge is 0.370 e. The number of Topliss-reactive ketones (excluding diaryl/α,β-unsaturated/α-hetero) is 1. The van der Waals surface area contributed by atoms with Gasteiger partial charge in [-0.25, -0.2) is 4.98 Å². The van der Waals surface area contributed by atoms with E-state index in [1.807, 2.05) is 6.20 Å². The van der Waals surface area contributed by atoms with E-state index in [9.17, 15) is 4.79 Å². The highest BCUT2D eigenvalue weighted by Gasteiger charge is 2.41. The second-order valence-corrected chi connectivity index (χ2v) is 8.35. The van der Waals surface area contributed by atoms with E-state index in [-0.39, 0.29) is 5.78 Å². The predicted octanol–water partition coefficient (Wildman–Crippen LogP) is 3.03. The summed E-state index contributed by atoms with van der Waals surface area (Å²) in [6.07, 6.45) is 15.9. The molecule has 134 valence electrons. The monoisotopic (exact) mass is 347 g/mol. The molecule has 0 unspecified atom stereocenters. The number of aromatic nitrogens is 1. The Hall–Kier alpha value is -2.28. The summed E-state index contributed by atoms with van der Waals surface area (Å²) >= 11 is 0. The van der Waals surface area contributed by atoms with E-state index in [0.717, 1.165) is 48.8 Å². The maximum atomic E-state index is 12.7. The van der Waals surface area contributed by atoms with Crippen LogP contribution in [0.5, 0.6) is 0 Å². The van der Waals surface area contributed by atoms with Gasteiger partial charge in [0.15, 0.2) is 5.78 Å². The summed E-state index contributed by atoms with van der Waals surface area (Å²) in [4.78, 5) is 21.9. The molecule has 1 spiro atoms. The van der Waals surface area contributed by atoms with Crippen LogP contribution >= 0.6 is 0 Å². The molecule has 2 aliphatic heterocycles. The number of carbonyl (C=O) groups is 1. The van der Waals surface area contributed by atoms with Crippen molar-refractivity contribution in [1.29, 1.82) is 0 Å². The molecule has 3 heterocycles. The summed E-state index contributed by atoms with van der Waals surface area (Å²) in [5, 5.41) is 0. The van der Waals surface area contributed by atoms with Crippen molar-refractivity contribution in [1.82, 2.24) is 9.88 Å². The van der Waals surface area contributed by atoms with Gasteiger partial charge in [-0.1, -0.05) is 12.3 Å². The molecule has 4 aliphatic rings. The Bertz CT molecular complexity index is 829. The van der Waals surface area contributed by atoms with Gasteiger partial charge in [0.2, 0.25) is 0 Å². The van der Waals surface area contributed by atoms with Crippen LogP contribution in [-0.4, -0.2) is 41.8 Å². The van der Waals surface area contributed by atoms with Gasteiger partial charge in [-0.2, -0.15) is 0 Å². The molecule has 4 heteroatoms. The van der Waals surface area contributed by atoms with E-state index >= 15 is 0 Å². The number of likely N-dealkylation sites (tertiary alicyclic amines) is 1. The van der Waals surface area contributed by atoms with Gasteiger partial charge in [0, 0.05) is 44.4 Å². The Morgan fingerprint density at radius 3 is 2.38 bits per heavy atom. The van der Waals surface area contributed by atoms with Crippen LogP contribution in [0, 0.1) is 17.8 Å². The van der Waals surface area contributed by atoms with E-state index < -0.39 is 0 Å². The summed E-state index contributed by atoms with van der Waals surface area (Å²) in [5.74, 6) is 3.81. The number of rotatable bonds is 2. The molecule has 5 rings (SSSR count). The van der Waals surface area contributed by atoms with Gasteiger partial charge in [-0.3, -0.25) is 4.79 Å². The van der Waals surface area contributed by atoms with Crippen LogP contribution < -0.4 is 4.90 Å². The van der Waals surface area contributed by atoms with Gasteiger partial charge in [-0.15, -0.1) is 6.42 Å². The van der Waals surface area contributed by atoms with Crippen molar-refractivity contribution in [2.75, 3.05) is 31.1 Å². The highest BCUT2D eigenvalue weighted by molar-refractivity contribution is 6.10. The number of hydrogen-bond donors (Lipinski definition) is 0. The first kappa shape index (κ1) is 15.9. The van der Waals surface area contributed by atoms with Gasteiger partial charge in [0.25, 0.3) is 0 Å². The third kappa shape index (κ3) is 2.37. The molecule has 0 aromatic carbocycles. The normalized spacial score (nSPS) is 24.0. The second kappa shape index (κ2) is 5.87. The molecule has 4 nitrogen and oxygen atoms in total. The van der Waals surface area contributed by atoms with Crippen LogP contribution in [0.2, 0.25) is 0 Å². The van der Waals surface area contributed by atoms with Crippen molar-refractivity contribution in [2.45, 2.75) is 44.9 Å². The smallest absolute Gasteiger partial charge is 0.177 e. The first-order valence-electron chi connectivity index (χ1n) is 9.92. The third-order valence-electron chi connectivity index (χ3n) is 6.97. The van der Waals surface area contributed by atoms with Crippen molar-refractivity contribution >= 4 is 17.3 Å². The summed E-state index contributed by atoms with van der Waals surface area (Å²) in [6.45, 7) is 4.15. The lowest BCUT2D eigenvalue weighted by Gasteiger charge is -2.49. The average Bonchev–Trinajstić information content (AvgIpc) is 2.58. The minimum Gasteiger partial charge on any atom is -0.370 e. The number of pyridine rings is 1. The Balaban J connectivity index is 1.53. The number of terminal acetylenes is 1. The predicted molar refractivity (Wildman–Crippen MR) is 103 cm³/mol. The molecule has 3 fully saturated rings. The van der Waals surface area contributed by atoms with Gasteiger partial charge in [-0.05, 0) is 49.1 Å². The molecule has 26 heavy (non-hydrogen) atoms. The molecule has 2 saturated heterocycles. The number of hydrogen-bond acceptors (Lipinski definition) is 4. The molecule has 1 saturated carbocycles. The van der Waals surface area contributed by atoms with E-state index in [2.05, 4.69) is 26.8 Å². The minimum atomic E-state index is 0.0671.